The van der Waals surface area contributed by atoms with E-state index in [1.807, 2.05) is 18.4 Å². The molecule has 4 aromatic rings. The molecule has 6 heteroatoms. The molecule has 0 saturated carbocycles. The Morgan fingerprint density at radius 2 is 1.91 bits per heavy atom. The van der Waals surface area contributed by atoms with E-state index in [2.05, 4.69) is 68.6 Å². The van der Waals surface area contributed by atoms with Crippen LogP contribution >= 0.6 is 22.7 Å². The van der Waals surface area contributed by atoms with Crippen molar-refractivity contribution in [1.29, 1.82) is 5.26 Å². The third-order valence-electron chi connectivity index (χ3n) is 5.44. The number of carbonyl (C=O) groups is 1. The lowest BCUT2D eigenvalue weighted by atomic mass is 9.86. The normalized spacial score (nSPS) is 11.5. The molecule has 0 bridgehead atoms. The first-order valence-electron chi connectivity index (χ1n) is 10.5. The summed E-state index contributed by atoms with van der Waals surface area (Å²) < 4.78 is 0. The second-order valence-corrected chi connectivity index (χ2v) is 10.9. The molecule has 4 rings (SSSR count). The van der Waals surface area contributed by atoms with Gasteiger partial charge >= 0.3 is 0 Å². The minimum Gasteiger partial charge on any atom is -0.316 e. The van der Waals surface area contributed by atoms with Crippen LogP contribution in [0.2, 0.25) is 0 Å². The zero-order valence-electron chi connectivity index (χ0n) is 18.7. The largest absolute Gasteiger partial charge is 0.316 e. The number of thiazole rings is 1. The van der Waals surface area contributed by atoms with Crippen molar-refractivity contribution in [2.24, 2.45) is 0 Å². The summed E-state index contributed by atoms with van der Waals surface area (Å²) in [6.07, 6.45) is 1.000. The summed E-state index contributed by atoms with van der Waals surface area (Å²) in [5.74, 6) is -0.118. The van der Waals surface area contributed by atoms with Gasteiger partial charge in [0.25, 0.3) is 0 Å². The van der Waals surface area contributed by atoms with Gasteiger partial charge in [0.2, 0.25) is 5.91 Å². The quantitative estimate of drug-likeness (QED) is 0.365. The van der Waals surface area contributed by atoms with E-state index in [-0.39, 0.29) is 17.7 Å². The molecule has 2 aromatic carbocycles. The summed E-state index contributed by atoms with van der Waals surface area (Å²) in [6.45, 7) is 8.16. The first kappa shape index (κ1) is 22.2. The summed E-state index contributed by atoms with van der Waals surface area (Å²) in [5, 5.41) is 18.6. The molecular formula is C26H25N3OS2. The van der Waals surface area contributed by atoms with Crippen molar-refractivity contribution in [2.45, 2.75) is 46.0 Å². The lowest BCUT2D eigenvalue weighted by molar-refractivity contribution is -0.115. The molecule has 0 atom stereocenters. The maximum Gasteiger partial charge on any atom is 0.230 e. The van der Waals surface area contributed by atoms with Crippen LogP contribution in [-0.2, 0) is 23.1 Å². The monoisotopic (exact) mass is 459 g/mol. The van der Waals surface area contributed by atoms with Crippen molar-refractivity contribution in [1.82, 2.24) is 4.98 Å². The Labute approximate surface area is 196 Å². The van der Waals surface area contributed by atoms with E-state index in [1.54, 1.807) is 11.3 Å². The van der Waals surface area contributed by atoms with Crippen LogP contribution in [-0.4, -0.2) is 10.9 Å². The molecule has 0 unspecified atom stereocenters. The van der Waals surface area contributed by atoms with Crippen LogP contribution < -0.4 is 5.32 Å². The highest BCUT2D eigenvalue weighted by Gasteiger charge is 2.23. The molecule has 0 radical (unpaired) electrons. The van der Waals surface area contributed by atoms with Gasteiger partial charge in [0.1, 0.15) is 11.1 Å². The van der Waals surface area contributed by atoms with E-state index in [4.69, 9.17) is 4.98 Å². The molecule has 0 fully saturated rings. The minimum atomic E-state index is -0.144. The fourth-order valence-electron chi connectivity index (χ4n) is 3.77. The number of thiophene rings is 1. The fraction of sp³-hybridized carbons (Fsp3) is 0.269. The molecule has 1 N–H and O–H groups in total. The number of fused-ring (bicyclic) bond motifs is 1. The van der Waals surface area contributed by atoms with Crippen LogP contribution in [0.3, 0.4) is 0 Å². The topological polar surface area (TPSA) is 65.8 Å². The van der Waals surface area contributed by atoms with Gasteiger partial charge in [0.15, 0.2) is 0 Å². The van der Waals surface area contributed by atoms with Gasteiger partial charge in [0.05, 0.1) is 22.7 Å². The number of nitriles is 1. The number of hydrogen-bond acceptors (Lipinski definition) is 5. The van der Waals surface area contributed by atoms with Gasteiger partial charge in [-0.2, -0.15) is 5.26 Å². The molecule has 1 amide bonds. The Morgan fingerprint density at radius 1 is 1.16 bits per heavy atom. The van der Waals surface area contributed by atoms with Crippen LogP contribution in [0.5, 0.6) is 0 Å². The number of hydrogen-bond donors (Lipinski definition) is 1. The van der Waals surface area contributed by atoms with Crippen molar-refractivity contribution >= 4 is 44.4 Å². The number of aromatic nitrogens is 1. The highest BCUT2D eigenvalue weighted by atomic mass is 32.1. The van der Waals surface area contributed by atoms with Gasteiger partial charge in [-0.3, -0.25) is 4.79 Å². The zero-order valence-corrected chi connectivity index (χ0v) is 20.3. The Kier molecular flexibility index (Phi) is 6.14. The zero-order chi connectivity index (χ0) is 22.9. The summed E-state index contributed by atoms with van der Waals surface area (Å²) >= 11 is 3.00. The number of nitrogens with one attached hydrogen (secondary N) is 1. The first-order chi connectivity index (χ1) is 15.3. The molecule has 162 valence electrons. The Hall–Kier alpha value is -3.01. The smallest absolute Gasteiger partial charge is 0.230 e. The number of nitrogens with zero attached hydrogens (tertiary/aromatic N) is 2. The summed E-state index contributed by atoms with van der Waals surface area (Å²) in [7, 11) is 0. The number of amides is 1. The summed E-state index contributed by atoms with van der Waals surface area (Å²) in [5.41, 5.74) is 3.51. The number of benzene rings is 2. The molecule has 0 spiro atoms. The van der Waals surface area contributed by atoms with Crippen LogP contribution in [0.25, 0.3) is 10.8 Å². The van der Waals surface area contributed by atoms with E-state index in [0.29, 0.717) is 10.6 Å². The maximum absolute atomic E-state index is 12.8. The van der Waals surface area contributed by atoms with Gasteiger partial charge in [-0.25, -0.2) is 4.98 Å². The minimum absolute atomic E-state index is 0.118. The van der Waals surface area contributed by atoms with E-state index in [0.717, 1.165) is 27.6 Å². The molecule has 4 nitrogen and oxygen atoms in total. The van der Waals surface area contributed by atoms with E-state index < -0.39 is 0 Å². The predicted molar refractivity (Wildman–Crippen MR) is 134 cm³/mol. The molecule has 0 aliphatic rings. The van der Waals surface area contributed by atoms with Crippen molar-refractivity contribution in [3.8, 4) is 6.07 Å². The standard InChI is InChI=1S/C26H25N3OS2/c1-16-22(13-23(30)29-25-20(14-27)21(15-31-25)26(2,3)4)32-24(28-16)12-18-10-7-9-17-8-5-6-11-19(17)18/h5-11,15H,12-13H2,1-4H3,(H,29,30). The summed E-state index contributed by atoms with van der Waals surface area (Å²) in [6, 6.07) is 17.0. The molecule has 32 heavy (non-hydrogen) atoms. The number of rotatable bonds is 5. The van der Waals surface area contributed by atoms with Crippen molar-refractivity contribution in [3.63, 3.8) is 0 Å². The van der Waals surface area contributed by atoms with Crippen LogP contribution in [0, 0.1) is 18.3 Å². The van der Waals surface area contributed by atoms with Crippen molar-refractivity contribution in [2.75, 3.05) is 5.32 Å². The Morgan fingerprint density at radius 3 is 2.66 bits per heavy atom. The van der Waals surface area contributed by atoms with E-state index >= 15 is 0 Å². The average molecular weight is 460 g/mol. The molecular weight excluding hydrogens is 434 g/mol. The molecule has 2 aromatic heterocycles. The Bertz CT molecular complexity index is 1330. The SMILES string of the molecule is Cc1nc(Cc2cccc3ccccc23)sc1CC(=O)Nc1scc(C(C)(C)C)c1C#N. The fourth-order valence-corrected chi connectivity index (χ4v) is 6.01. The second-order valence-electron chi connectivity index (χ2n) is 8.87. The van der Waals surface area contributed by atoms with Crippen molar-refractivity contribution < 1.29 is 4.79 Å². The van der Waals surface area contributed by atoms with Gasteiger partial charge < -0.3 is 5.32 Å². The average Bonchev–Trinajstić information content (AvgIpc) is 3.31. The number of carbonyl (C=O) groups excluding carboxylic acids is 1. The van der Waals surface area contributed by atoms with Gasteiger partial charge in [-0.15, -0.1) is 22.7 Å². The molecule has 2 heterocycles. The van der Waals surface area contributed by atoms with Crippen LogP contribution in [0.1, 0.15) is 53.0 Å². The highest BCUT2D eigenvalue weighted by Crippen LogP contribution is 2.35. The van der Waals surface area contributed by atoms with Crippen LogP contribution in [0.4, 0.5) is 5.00 Å². The second kappa shape index (κ2) is 8.85. The first-order valence-corrected chi connectivity index (χ1v) is 12.2. The lowest BCUT2D eigenvalue weighted by Gasteiger charge is -2.17. The maximum atomic E-state index is 12.8. The molecule has 0 saturated heterocycles. The van der Waals surface area contributed by atoms with Gasteiger partial charge in [0, 0.05) is 11.3 Å². The van der Waals surface area contributed by atoms with E-state index in [9.17, 15) is 10.1 Å². The number of aryl methyl sites for hydroxylation is 1. The number of anilines is 1. The highest BCUT2D eigenvalue weighted by molar-refractivity contribution is 7.14. The molecule has 0 aliphatic carbocycles. The Balaban J connectivity index is 1.50. The van der Waals surface area contributed by atoms with Crippen molar-refractivity contribution in [3.05, 3.63) is 80.1 Å². The lowest BCUT2D eigenvalue weighted by Crippen LogP contribution is -2.16. The summed E-state index contributed by atoms with van der Waals surface area (Å²) in [4.78, 5) is 18.5. The molecule has 0 aliphatic heterocycles. The third kappa shape index (κ3) is 4.59. The van der Waals surface area contributed by atoms with Gasteiger partial charge in [-0.05, 0) is 39.6 Å². The third-order valence-corrected chi connectivity index (χ3v) is 7.50. The van der Waals surface area contributed by atoms with E-state index in [1.165, 1.54) is 27.7 Å². The predicted octanol–water partition coefficient (Wildman–Crippen LogP) is 6.61. The van der Waals surface area contributed by atoms with Crippen LogP contribution in [0.15, 0.2) is 47.8 Å². The van der Waals surface area contributed by atoms with Gasteiger partial charge in [-0.1, -0.05) is 63.2 Å².